The Morgan fingerprint density at radius 1 is 1.21 bits per heavy atom. The van der Waals surface area contributed by atoms with E-state index in [0.717, 1.165) is 61.0 Å². The minimum Gasteiger partial charge on any atom is -0.481 e. The summed E-state index contributed by atoms with van der Waals surface area (Å²) in [7, 11) is 1.57. The number of nitrogens with one attached hydrogen (secondary N) is 3. The van der Waals surface area contributed by atoms with Crippen LogP contribution in [0.15, 0.2) is 18.0 Å². The number of hydrogen-bond acceptors (Lipinski definition) is 8. The molecule has 0 unspecified atom stereocenters. The van der Waals surface area contributed by atoms with Crippen LogP contribution in [0.3, 0.4) is 0 Å². The highest BCUT2D eigenvalue weighted by Crippen LogP contribution is 2.48. The van der Waals surface area contributed by atoms with Gasteiger partial charge in [-0.25, -0.2) is 14.4 Å². The Labute approximate surface area is 227 Å². The van der Waals surface area contributed by atoms with Gasteiger partial charge < -0.3 is 30.2 Å². The molecule has 3 fully saturated rings. The molecule has 6 heterocycles. The molecule has 208 valence electrons. The summed E-state index contributed by atoms with van der Waals surface area (Å²) >= 11 is 0. The zero-order chi connectivity index (χ0) is 27.2. The lowest BCUT2D eigenvalue weighted by Crippen LogP contribution is -2.61. The Morgan fingerprint density at radius 2 is 2.03 bits per heavy atom. The normalized spacial score (nSPS) is 25.4. The summed E-state index contributed by atoms with van der Waals surface area (Å²) in [6.45, 7) is 5.56. The minimum absolute atomic E-state index is 0.0243. The van der Waals surface area contributed by atoms with Crippen molar-refractivity contribution >= 4 is 23.0 Å². The summed E-state index contributed by atoms with van der Waals surface area (Å²) in [6.07, 6.45) is 5.99. The van der Waals surface area contributed by atoms with Crippen molar-refractivity contribution in [2.45, 2.75) is 76.5 Å². The van der Waals surface area contributed by atoms with Crippen LogP contribution in [0.2, 0.25) is 0 Å². The standard InChI is InChI=1S/C29H36FN5O4/c1-4-18-17(2)26-27(34-23(36)15-38-26)33-22(18)14-32-28-9-11-29(12-10-28,39-16-28)8-7-19-20(30)13-31-21-5-6-24(37-3)35-25(19)21/h5-6,31-32H,4,7-16H2,1-3H3,(H,33,34,36). The lowest BCUT2D eigenvalue weighted by molar-refractivity contribution is -0.165. The van der Waals surface area contributed by atoms with Crippen molar-refractivity contribution in [3.63, 3.8) is 0 Å². The number of rotatable bonds is 8. The lowest BCUT2D eigenvalue weighted by atomic mass is 9.69. The Kier molecular flexibility index (Phi) is 6.71. The molecule has 0 atom stereocenters. The third-order valence-corrected chi connectivity index (χ3v) is 8.92. The largest absolute Gasteiger partial charge is 0.481 e. The highest BCUT2D eigenvalue weighted by molar-refractivity contribution is 5.94. The highest BCUT2D eigenvalue weighted by Gasteiger charge is 2.49. The number of carbonyl (C=O) groups excluding carboxylic acids is 1. The maximum atomic E-state index is 14.9. The van der Waals surface area contributed by atoms with Gasteiger partial charge in [0.2, 0.25) is 5.88 Å². The molecule has 7 rings (SSSR count). The molecule has 3 N–H and O–H groups in total. The zero-order valence-corrected chi connectivity index (χ0v) is 22.8. The molecule has 2 aromatic rings. The van der Waals surface area contributed by atoms with Crippen molar-refractivity contribution in [3.05, 3.63) is 40.5 Å². The Balaban J connectivity index is 1.12. The molecule has 1 aliphatic carbocycles. The van der Waals surface area contributed by atoms with E-state index < -0.39 is 0 Å². The number of pyridine rings is 2. The van der Waals surface area contributed by atoms with Crippen molar-refractivity contribution in [2.24, 2.45) is 0 Å². The van der Waals surface area contributed by atoms with E-state index in [2.05, 4.69) is 27.9 Å². The topological polar surface area (TPSA) is 107 Å². The highest BCUT2D eigenvalue weighted by atomic mass is 19.1. The SMILES string of the molecule is CCc1c(CNC23CCC(CCC4=C(F)CNc5ccc(OC)nc54)(CC2)OC3)nc2c(c1C)OCC(=O)N2. The van der Waals surface area contributed by atoms with Crippen LogP contribution in [0.1, 0.15) is 68.0 Å². The number of fused-ring (bicyclic) bond motifs is 5. The molecule has 2 saturated heterocycles. The van der Waals surface area contributed by atoms with Gasteiger partial charge in [0, 0.05) is 23.7 Å². The van der Waals surface area contributed by atoms with Crippen molar-refractivity contribution < 1.29 is 23.4 Å². The second-order valence-electron chi connectivity index (χ2n) is 11.1. The summed E-state index contributed by atoms with van der Waals surface area (Å²) in [4.78, 5) is 21.2. The van der Waals surface area contributed by atoms with Crippen molar-refractivity contribution in [3.8, 4) is 11.6 Å². The van der Waals surface area contributed by atoms with E-state index in [1.807, 2.05) is 13.0 Å². The molecule has 9 nitrogen and oxygen atoms in total. The van der Waals surface area contributed by atoms with Gasteiger partial charge in [0.05, 0.1) is 42.9 Å². The average molecular weight is 538 g/mol. The van der Waals surface area contributed by atoms with Crippen LogP contribution in [0.25, 0.3) is 5.57 Å². The summed E-state index contributed by atoms with van der Waals surface area (Å²) < 4.78 is 32.4. The molecular formula is C29H36FN5O4. The van der Waals surface area contributed by atoms with E-state index in [4.69, 9.17) is 19.2 Å². The van der Waals surface area contributed by atoms with Gasteiger partial charge in [-0.05, 0) is 69.1 Å². The van der Waals surface area contributed by atoms with Crippen molar-refractivity contribution in [1.29, 1.82) is 0 Å². The molecule has 1 saturated carbocycles. The summed E-state index contributed by atoms with van der Waals surface area (Å²) in [6, 6.07) is 3.69. The Hall–Kier alpha value is -3.24. The number of anilines is 2. The first-order chi connectivity index (χ1) is 18.8. The quantitative estimate of drug-likeness (QED) is 0.454. The van der Waals surface area contributed by atoms with E-state index in [0.29, 0.717) is 48.3 Å². The fourth-order valence-corrected chi connectivity index (χ4v) is 6.49. The molecule has 2 bridgehead atoms. The number of halogens is 1. The van der Waals surface area contributed by atoms with Crippen molar-refractivity contribution in [1.82, 2.24) is 15.3 Å². The predicted molar refractivity (Wildman–Crippen MR) is 146 cm³/mol. The summed E-state index contributed by atoms with van der Waals surface area (Å²) in [5.74, 6) is 1.31. The van der Waals surface area contributed by atoms with E-state index in [1.165, 1.54) is 0 Å². The molecule has 1 amide bonds. The Morgan fingerprint density at radius 3 is 2.74 bits per heavy atom. The minimum atomic E-state index is -0.239. The second-order valence-corrected chi connectivity index (χ2v) is 11.1. The number of allylic oxidation sites excluding steroid dienone is 1. The number of ether oxygens (including phenoxy) is 3. The third-order valence-electron chi connectivity index (χ3n) is 8.92. The molecule has 0 aromatic carbocycles. The van der Waals surface area contributed by atoms with Crippen LogP contribution in [0.5, 0.6) is 11.6 Å². The number of carbonyl (C=O) groups is 1. The summed E-state index contributed by atoms with van der Waals surface area (Å²) in [5.41, 5.74) is 4.90. The predicted octanol–water partition coefficient (Wildman–Crippen LogP) is 4.44. The Bertz CT molecular complexity index is 1320. The van der Waals surface area contributed by atoms with E-state index >= 15 is 0 Å². The molecule has 0 spiro atoms. The van der Waals surface area contributed by atoms with Gasteiger partial charge in [0.1, 0.15) is 5.83 Å². The van der Waals surface area contributed by atoms with E-state index in [1.54, 1.807) is 13.2 Å². The number of methoxy groups -OCH3 is 1. The molecule has 5 aliphatic rings. The molecule has 10 heteroatoms. The molecule has 4 aliphatic heterocycles. The third kappa shape index (κ3) is 4.74. The number of hydrogen-bond donors (Lipinski definition) is 3. The first-order valence-corrected chi connectivity index (χ1v) is 13.8. The molecule has 2 aromatic heterocycles. The van der Waals surface area contributed by atoms with Crippen LogP contribution >= 0.6 is 0 Å². The van der Waals surface area contributed by atoms with Gasteiger partial charge in [0.25, 0.3) is 5.91 Å². The van der Waals surface area contributed by atoms with Crippen LogP contribution in [-0.2, 0) is 22.5 Å². The van der Waals surface area contributed by atoms with Crippen LogP contribution in [0, 0.1) is 6.92 Å². The second kappa shape index (κ2) is 10.1. The molecular weight excluding hydrogens is 501 g/mol. The first kappa shape index (κ1) is 26.0. The molecule has 39 heavy (non-hydrogen) atoms. The van der Waals surface area contributed by atoms with Gasteiger partial charge in [-0.15, -0.1) is 0 Å². The van der Waals surface area contributed by atoms with Gasteiger partial charge in [-0.3, -0.25) is 4.79 Å². The van der Waals surface area contributed by atoms with Gasteiger partial charge in [0.15, 0.2) is 18.2 Å². The fourth-order valence-electron chi connectivity index (χ4n) is 6.49. The maximum Gasteiger partial charge on any atom is 0.263 e. The average Bonchev–Trinajstić information content (AvgIpc) is 2.96. The number of amides is 1. The summed E-state index contributed by atoms with van der Waals surface area (Å²) in [5, 5.41) is 9.72. The van der Waals surface area contributed by atoms with Gasteiger partial charge >= 0.3 is 0 Å². The maximum absolute atomic E-state index is 14.9. The van der Waals surface area contributed by atoms with Gasteiger partial charge in [-0.2, -0.15) is 0 Å². The molecule has 0 radical (unpaired) electrons. The van der Waals surface area contributed by atoms with Crippen molar-refractivity contribution in [2.75, 3.05) is 37.5 Å². The van der Waals surface area contributed by atoms with E-state index in [9.17, 15) is 9.18 Å². The fraction of sp³-hybridized carbons (Fsp3) is 0.552. The number of aromatic nitrogens is 2. The van der Waals surface area contributed by atoms with Gasteiger partial charge in [-0.1, -0.05) is 6.92 Å². The van der Waals surface area contributed by atoms with Crippen LogP contribution < -0.4 is 25.4 Å². The van der Waals surface area contributed by atoms with E-state index in [-0.39, 0.29) is 36.0 Å². The first-order valence-electron chi connectivity index (χ1n) is 13.8. The van der Waals surface area contributed by atoms with Crippen LogP contribution in [-0.4, -0.2) is 53.9 Å². The van der Waals surface area contributed by atoms with Crippen LogP contribution in [0.4, 0.5) is 15.9 Å². The number of nitrogens with zero attached hydrogens (tertiary/aromatic N) is 2. The lowest BCUT2D eigenvalue weighted by Gasteiger charge is -2.54. The zero-order valence-electron chi connectivity index (χ0n) is 22.8. The monoisotopic (exact) mass is 537 g/mol. The smallest absolute Gasteiger partial charge is 0.263 e.